The molecule has 0 bridgehead atoms. The fraction of sp³-hybridized carbons (Fsp3) is 0.136. The van der Waals surface area contributed by atoms with E-state index in [-0.39, 0.29) is 11.4 Å². The predicted molar refractivity (Wildman–Crippen MR) is 115 cm³/mol. The number of benzene rings is 2. The molecule has 0 unspecified atom stereocenters. The van der Waals surface area contributed by atoms with Crippen molar-refractivity contribution in [1.29, 1.82) is 0 Å². The molecule has 0 atom stereocenters. The number of rotatable bonds is 6. The third-order valence-electron chi connectivity index (χ3n) is 4.28. The van der Waals surface area contributed by atoms with Crippen molar-refractivity contribution in [3.05, 3.63) is 80.1 Å². The van der Waals surface area contributed by atoms with Crippen LogP contribution in [0.4, 0.5) is 4.39 Å². The van der Waals surface area contributed by atoms with E-state index in [2.05, 4.69) is 10.1 Å². The van der Waals surface area contributed by atoms with E-state index in [0.29, 0.717) is 33.4 Å². The van der Waals surface area contributed by atoms with Crippen molar-refractivity contribution in [2.45, 2.75) is 6.92 Å². The Labute approximate surface area is 175 Å². The van der Waals surface area contributed by atoms with Crippen LogP contribution < -0.4 is 19.6 Å². The minimum atomic E-state index is -0.294. The van der Waals surface area contributed by atoms with Gasteiger partial charge in [-0.05, 0) is 54.5 Å². The molecule has 30 heavy (non-hydrogen) atoms. The van der Waals surface area contributed by atoms with Crippen LogP contribution in [-0.2, 0) is 0 Å². The molecule has 2 heterocycles. The van der Waals surface area contributed by atoms with Crippen molar-refractivity contribution in [2.75, 3.05) is 13.7 Å². The second-order valence-electron chi connectivity index (χ2n) is 6.31. The van der Waals surface area contributed by atoms with E-state index in [1.165, 1.54) is 28.0 Å². The Morgan fingerprint density at radius 2 is 1.87 bits per heavy atom. The van der Waals surface area contributed by atoms with E-state index in [1.807, 2.05) is 25.1 Å². The van der Waals surface area contributed by atoms with Gasteiger partial charge in [0, 0.05) is 0 Å². The average Bonchev–Trinajstić information content (AvgIpc) is 3.27. The molecule has 4 rings (SSSR count). The molecule has 0 aliphatic heterocycles. The van der Waals surface area contributed by atoms with Gasteiger partial charge in [-0.1, -0.05) is 35.6 Å². The van der Waals surface area contributed by atoms with Crippen molar-refractivity contribution >= 4 is 34.5 Å². The van der Waals surface area contributed by atoms with Crippen LogP contribution in [0.25, 0.3) is 23.2 Å². The lowest BCUT2D eigenvalue weighted by molar-refractivity contribution is 0.311. The molecule has 0 aliphatic carbocycles. The van der Waals surface area contributed by atoms with Gasteiger partial charge in [-0.3, -0.25) is 4.79 Å². The number of hydrogen-bond donors (Lipinski definition) is 0. The number of methoxy groups -OCH3 is 1. The highest BCUT2D eigenvalue weighted by atomic mass is 32.1. The van der Waals surface area contributed by atoms with Crippen molar-refractivity contribution in [1.82, 2.24) is 14.6 Å². The summed E-state index contributed by atoms with van der Waals surface area (Å²) in [4.78, 5) is 17.6. The smallest absolute Gasteiger partial charge is 0.291 e. The van der Waals surface area contributed by atoms with Crippen LogP contribution in [-0.4, -0.2) is 28.3 Å². The first-order valence-electron chi connectivity index (χ1n) is 9.23. The summed E-state index contributed by atoms with van der Waals surface area (Å²) in [5, 5.41) is 4.26. The minimum Gasteiger partial charge on any atom is -0.493 e. The molecule has 0 spiro atoms. The summed E-state index contributed by atoms with van der Waals surface area (Å²) in [6, 6.07) is 11.6. The average molecular weight is 423 g/mol. The van der Waals surface area contributed by atoms with Gasteiger partial charge in [0.2, 0.25) is 4.96 Å². The molecule has 0 saturated heterocycles. The summed E-state index contributed by atoms with van der Waals surface area (Å²) in [5.74, 6) is 1.38. The Morgan fingerprint density at radius 1 is 1.10 bits per heavy atom. The topological polar surface area (TPSA) is 65.7 Å². The normalized spacial score (nSPS) is 12.2. The maximum absolute atomic E-state index is 13.0. The fourth-order valence-corrected chi connectivity index (χ4v) is 3.78. The SMILES string of the molecule is CCOc1ccc(C=c2sc3nc(C=Cc4ccc(F)cc4)nn3c2=O)cc1OC. The molecule has 0 amide bonds. The van der Waals surface area contributed by atoms with Crippen LogP contribution in [0.2, 0.25) is 0 Å². The van der Waals surface area contributed by atoms with Crippen LogP contribution in [0.1, 0.15) is 23.9 Å². The fourth-order valence-electron chi connectivity index (χ4n) is 2.86. The van der Waals surface area contributed by atoms with Gasteiger partial charge in [0.25, 0.3) is 5.56 Å². The zero-order valence-electron chi connectivity index (χ0n) is 16.3. The van der Waals surface area contributed by atoms with Crippen molar-refractivity contribution in [3.8, 4) is 11.5 Å². The Balaban J connectivity index is 1.64. The maximum Gasteiger partial charge on any atom is 0.291 e. The third-order valence-corrected chi connectivity index (χ3v) is 5.24. The molecule has 0 N–H and O–H groups in total. The minimum absolute atomic E-state index is 0.239. The lowest BCUT2D eigenvalue weighted by Crippen LogP contribution is -2.23. The summed E-state index contributed by atoms with van der Waals surface area (Å²) < 4.78 is 25.7. The Morgan fingerprint density at radius 3 is 2.57 bits per heavy atom. The summed E-state index contributed by atoms with van der Waals surface area (Å²) in [6.07, 6.45) is 5.23. The van der Waals surface area contributed by atoms with Gasteiger partial charge in [-0.25, -0.2) is 4.39 Å². The molecule has 0 fully saturated rings. The molecular weight excluding hydrogens is 405 g/mol. The molecule has 4 aromatic rings. The molecular formula is C22H18FN3O3S. The first-order valence-corrected chi connectivity index (χ1v) is 10.0. The highest BCUT2D eigenvalue weighted by Crippen LogP contribution is 2.28. The second kappa shape index (κ2) is 8.46. The number of hydrogen-bond acceptors (Lipinski definition) is 6. The molecule has 0 aliphatic rings. The molecule has 2 aromatic heterocycles. The molecule has 6 nitrogen and oxygen atoms in total. The second-order valence-corrected chi connectivity index (χ2v) is 7.32. The lowest BCUT2D eigenvalue weighted by atomic mass is 10.2. The third kappa shape index (κ3) is 4.08. The number of nitrogens with zero attached hydrogens (tertiary/aromatic N) is 3. The molecule has 0 radical (unpaired) electrons. The van der Waals surface area contributed by atoms with E-state index in [4.69, 9.17) is 9.47 Å². The number of thiazole rings is 1. The summed E-state index contributed by atoms with van der Waals surface area (Å²) in [6.45, 7) is 2.44. The van der Waals surface area contributed by atoms with E-state index in [0.717, 1.165) is 11.1 Å². The Hall–Kier alpha value is -3.52. The number of aromatic nitrogens is 3. The first kappa shape index (κ1) is 19.8. The van der Waals surface area contributed by atoms with Crippen LogP contribution in [0.5, 0.6) is 11.5 Å². The van der Waals surface area contributed by atoms with Gasteiger partial charge >= 0.3 is 0 Å². The molecule has 152 valence electrons. The zero-order valence-corrected chi connectivity index (χ0v) is 17.1. The largest absolute Gasteiger partial charge is 0.493 e. The van der Waals surface area contributed by atoms with Gasteiger partial charge in [0.15, 0.2) is 17.3 Å². The van der Waals surface area contributed by atoms with Crippen molar-refractivity contribution in [3.63, 3.8) is 0 Å². The predicted octanol–water partition coefficient (Wildman–Crippen LogP) is 3.42. The lowest BCUT2D eigenvalue weighted by Gasteiger charge is -2.09. The van der Waals surface area contributed by atoms with E-state index < -0.39 is 0 Å². The van der Waals surface area contributed by atoms with E-state index in [1.54, 1.807) is 37.5 Å². The van der Waals surface area contributed by atoms with Gasteiger partial charge in [-0.15, -0.1) is 5.10 Å². The van der Waals surface area contributed by atoms with E-state index in [9.17, 15) is 9.18 Å². The number of ether oxygens (including phenoxy) is 2. The first-order chi connectivity index (χ1) is 14.6. The van der Waals surface area contributed by atoms with Crippen molar-refractivity contribution < 1.29 is 13.9 Å². The highest BCUT2D eigenvalue weighted by Gasteiger charge is 2.10. The summed E-state index contributed by atoms with van der Waals surface area (Å²) in [7, 11) is 1.57. The van der Waals surface area contributed by atoms with Gasteiger partial charge in [-0.2, -0.15) is 9.50 Å². The Kier molecular flexibility index (Phi) is 5.58. The number of fused-ring (bicyclic) bond motifs is 1. The van der Waals surface area contributed by atoms with Crippen LogP contribution >= 0.6 is 11.3 Å². The summed E-state index contributed by atoms with van der Waals surface area (Å²) >= 11 is 1.26. The van der Waals surface area contributed by atoms with Gasteiger partial charge in [0.1, 0.15) is 5.82 Å². The van der Waals surface area contributed by atoms with E-state index >= 15 is 0 Å². The zero-order chi connectivity index (χ0) is 21.1. The van der Waals surface area contributed by atoms with Crippen molar-refractivity contribution in [2.24, 2.45) is 0 Å². The van der Waals surface area contributed by atoms with Gasteiger partial charge in [0.05, 0.1) is 18.2 Å². The van der Waals surface area contributed by atoms with Gasteiger partial charge < -0.3 is 9.47 Å². The molecule has 8 heteroatoms. The molecule has 2 aromatic carbocycles. The number of halogens is 1. The van der Waals surface area contributed by atoms with Crippen LogP contribution in [0.15, 0.2) is 47.3 Å². The highest BCUT2D eigenvalue weighted by molar-refractivity contribution is 7.15. The quantitative estimate of drug-likeness (QED) is 0.476. The monoisotopic (exact) mass is 423 g/mol. The Bertz CT molecular complexity index is 1330. The van der Waals surface area contributed by atoms with Crippen LogP contribution in [0.3, 0.4) is 0 Å². The maximum atomic E-state index is 13.0. The van der Waals surface area contributed by atoms with Crippen LogP contribution in [0, 0.1) is 5.82 Å². The summed E-state index contributed by atoms with van der Waals surface area (Å²) in [5.41, 5.74) is 1.39. The molecule has 0 saturated carbocycles. The standard InChI is InChI=1S/C22H18FN3O3S/c1-3-29-17-10-6-15(12-18(17)28-2)13-19-21(27)26-22(30-19)24-20(25-26)11-7-14-4-8-16(23)9-5-14/h4-13H,3H2,1-2H3.